The van der Waals surface area contributed by atoms with Crippen LogP contribution in [0.25, 0.3) is 0 Å². The van der Waals surface area contributed by atoms with E-state index in [2.05, 4.69) is 52.8 Å². The van der Waals surface area contributed by atoms with Gasteiger partial charge in [-0.25, -0.2) is 0 Å². The third-order valence-electron chi connectivity index (χ3n) is 3.10. The number of hydrogen-bond acceptors (Lipinski definition) is 1. The van der Waals surface area contributed by atoms with E-state index in [9.17, 15) is 0 Å². The Balaban J connectivity index is 2.94. The molecule has 1 rings (SSSR count). The van der Waals surface area contributed by atoms with Gasteiger partial charge in [-0.1, -0.05) is 46.8 Å². The minimum absolute atomic E-state index is 0.336. The summed E-state index contributed by atoms with van der Waals surface area (Å²) in [4.78, 5) is 0. The van der Waals surface area contributed by atoms with Crippen LogP contribution in [0.15, 0.2) is 24.3 Å². The van der Waals surface area contributed by atoms with E-state index in [0.29, 0.717) is 17.3 Å². The maximum Gasteiger partial charge on any atom is 0.0991 e. The summed E-state index contributed by atoms with van der Waals surface area (Å²) in [5, 5.41) is 8.81. The van der Waals surface area contributed by atoms with E-state index in [4.69, 9.17) is 5.26 Å². The topological polar surface area (TPSA) is 23.8 Å². The molecular formula is C16H23N. The maximum atomic E-state index is 8.81. The molecule has 1 atom stereocenters. The lowest BCUT2D eigenvalue weighted by Crippen LogP contribution is -2.16. The summed E-state index contributed by atoms with van der Waals surface area (Å²) in [6, 6.07) is 10.2. The summed E-state index contributed by atoms with van der Waals surface area (Å²) >= 11 is 0. The Bertz CT molecular complexity index is 387. The molecule has 1 nitrogen and oxygen atoms in total. The lowest BCUT2D eigenvalue weighted by atomic mass is 9.76. The summed E-state index contributed by atoms with van der Waals surface area (Å²) in [5.41, 5.74) is 2.43. The van der Waals surface area contributed by atoms with Crippen LogP contribution in [-0.4, -0.2) is 0 Å². The molecule has 0 aliphatic carbocycles. The summed E-state index contributed by atoms with van der Waals surface area (Å²) in [6.45, 7) is 11.4. The molecular weight excluding hydrogens is 206 g/mol. The van der Waals surface area contributed by atoms with Crippen molar-refractivity contribution >= 4 is 0 Å². The molecule has 1 aromatic carbocycles. The summed E-state index contributed by atoms with van der Waals surface area (Å²) in [6.07, 6.45) is 1.18. The van der Waals surface area contributed by atoms with Gasteiger partial charge in [0.05, 0.1) is 11.6 Å². The molecule has 0 spiro atoms. The highest BCUT2D eigenvalue weighted by Gasteiger charge is 2.22. The summed E-state index contributed by atoms with van der Waals surface area (Å²) < 4.78 is 0. The minimum Gasteiger partial charge on any atom is -0.192 e. The van der Waals surface area contributed by atoms with Crippen LogP contribution in [0.3, 0.4) is 0 Å². The molecule has 1 heteroatoms. The second kappa shape index (κ2) is 5.36. The first-order valence-electron chi connectivity index (χ1n) is 6.33. The van der Waals surface area contributed by atoms with Crippen molar-refractivity contribution in [2.24, 2.45) is 11.3 Å². The van der Waals surface area contributed by atoms with Crippen molar-refractivity contribution in [3.63, 3.8) is 0 Å². The smallest absolute Gasteiger partial charge is 0.0991 e. The fourth-order valence-electron chi connectivity index (χ4n) is 2.20. The summed E-state index contributed by atoms with van der Waals surface area (Å²) in [5.74, 6) is 1.20. The van der Waals surface area contributed by atoms with E-state index >= 15 is 0 Å². The zero-order chi connectivity index (χ0) is 13.1. The molecule has 1 aromatic rings. The lowest BCUT2D eigenvalue weighted by Gasteiger charge is -2.29. The van der Waals surface area contributed by atoms with Crippen LogP contribution in [-0.2, 0) is 0 Å². The normalized spacial score (nSPS) is 13.5. The molecule has 0 fully saturated rings. The fraction of sp³-hybridized carbons (Fsp3) is 0.562. The van der Waals surface area contributed by atoms with Crippen molar-refractivity contribution in [1.29, 1.82) is 5.26 Å². The van der Waals surface area contributed by atoms with Crippen LogP contribution in [0, 0.1) is 22.7 Å². The van der Waals surface area contributed by atoms with Gasteiger partial charge in [0.1, 0.15) is 0 Å². The maximum absolute atomic E-state index is 8.81. The molecule has 0 saturated heterocycles. The van der Waals surface area contributed by atoms with E-state index in [1.807, 2.05) is 12.1 Å². The van der Waals surface area contributed by atoms with E-state index in [1.54, 1.807) is 0 Å². The van der Waals surface area contributed by atoms with Crippen molar-refractivity contribution in [2.75, 3.05) is 0 Å². The number of rotatable bonds is 3. The van der Waals surface area contributed by atoms with Gasteiger partial charge < -0.3 is 0 Å². The number of nitrogens with zero attached hydrogens (tertiary/aromatic N) is 1. The van der Waals surface area contributed by atoms with Crippen LogP contribution >= 0.6 is 0 Å². The molecule has 0 aromatic heterocycles. The zero-order valence-corrected chi connectivity index (χ0v) is 11.6. The minimum atomic E-state index is 0.336. The van der Waals surface area contributed by atoms with E-state index in [1.165, 1.54) is 12.0 Å². The Morgan fingerprint density at radius 1 is 1.12 bits per heavy atom. The lowest BCUT2D eigenvalue weighted by molar-refractivity contribution is 0.301. The van der Waals surface area contributed by atoms with Gasteiger partial charge in [-0.05, 0) is 41.4 Å². The Morgan fingerprint density at radius 2 is 1.65 bits per heavy atom. The van der Waals surface area contributed by atoms with Crippen molar-refractivity contribution in [2.45, 2.75) is 47.0 Å². The van der Waals surface area contributed by atoms with Crippen LogP contribution in [0.2, 0.25) is 0 Å². The van der Waals surface area contributed by atoms with Crippen molar-refractivity contribution < 1.29 is 0 Å². The average molecular weight is 229 g/mol. The molecule has 0 N–H and O–H groups in total. The highest BCUT2D eigenvalue weighted by Crippen LogP contribution is 2.36. The molecule has 0 saturated carbocycles. The van der Waals surface area contributed by atoms with Crippen LogP contribution in [0.4, 0.5) is 0 Å². The molecule has 0 aliphatic rings. The van der Waals surface area contributed by atoms with Crippen LogP contribution < -0.4 is 0 Å². The van der Waals surface area contributed by atoms with Crippen molar-refractivity contribution in [3.05, 3.63) is 35.4 Å². The van der Waals surface area contributed by atoms with Gasteiger partial charge >= 0.3 is 0 Å². The molecule has 0 bridgehead atoms. The van der Waals surface area contributed by atoms with Gasteiger partial charge in [0.2, 0.25) is 0 Å². The molecule has 0 heterocycles. The number of nitriles is 1. The largest absolute Gasteiger partial charge is 0.192 e. The molecule has 92 valence electrons. The van der Waals surface area contributed by atoms with Crippen molar-refractivity contribution in [3.8, 4) is 6.07 Å². The molecule has 17 heavy (non-hydrogen) atoms. The highest BCUT2D eigenvalue weighted by atomic mass is 14.3. The van der Waals surface area contributed by atoms with E-state index in [0.717, 1.165) is 5.56 Å². The highest BCUT2D eigenvalue weighted by molar-refractivity contribution is 5.33. The third kappa shape index (κ3) is 4.23. The summed E-state index contributed by atoms with van der Waals surface area (Å²) in [7, 11) is 0. The van der Waals surface area contributed by atoms with E-state index < -0.39 is 0 Å². The Hall–Kier alpha value is -1.29. The number of benzene rings is 1. The second-order valence-electron chi connectivity index (χ2n) is 6.35. The standard InChI is InChI=1S/C16H23N/c1-12(2)15(10-16(3,4)5)14-8-6-13(11-17)7-9-14/h6-9,12,15H,10H2,1-5H3. The van der Waals surface area contributed by atoms with Crippen LogP contribution in [0.1, 0.15) is 58.1 Å². The SMILES string of the molecule is CC(C)C(CC(C)(C)C)c1ccc(C#N)cc1. The predicted octanol–water partition coefficient (Wildman–Crippen LogP) is 4.73. The Labute approximate surface area is 105 Å². The van der Waals surface area contributed by atoms with E-state index in [-0.39, 0.29) is 0 Å². The molecule has 1 unspecified atom stereocenters. The Kier molecular flexibility index (Phi) is 4.34. The first-order valence-corrected chi connectivity index (χ1v) is 6.33. The molecule has 0 radical (unpaired) electrons. The molecule has 0 amide bonds. The molecule has 0 aliphatic heterocycles. The van der Waals surface area contributed by atoms with Gasteiger partial charge in [0.15, 0.2) is 0 Å². The third-order valence-corrected chi connectivity index (χ3v) is 3.10. The van der Waals surface area contributed by atoms with Gasteiger partial charge in [-0.15, -0.1) is 0 Å². The first kappa shape index (κ1) is 13.8. The Morgan fingerprint density at radius 3 is 2.00 bits per heavy atom. The first-order chi connectivity index (χ1) is 7.83. The number of hydrogen-bond donors (Lipinski definition) is 0. The quantitative estimate of drug-likeness (QED) is 0.734. The monoisotopic (exact) mass is 229 g/mol. The fourth-order valence-corrected chi connectivity index (χ4v) is 2.20. The zero-order valence-electron chi connectivity index (χ0n) is 11.6. The van der Waals surface area contributed by atoms with Gasteiger partial charge in [0.25, 0.3) is 0 Å². The average Bonchev–Trinajstić information content (AvgIpc) is 2.25. The van der Waals surface area contributed by atoms with Gasteiger partial charge in [-0.3, -0.25) is 0 Å². The van der Waals surface area contributed by atoms with Crippen molar-refractivity contribution in [1.82, 2.24) is 0 Å². The van der Waals surface area contributed by atoms with Crippen LogP contribution in [0.5, 0.6) is 0 Å². The van der Waals surface area contributed by atoms with Gasteiger partial charge in [0, 0.05) is 0 Å². The second-order valence-corrected chi connectivity index (χ2v) is 6.35. The predicted molar refractivity (Wildman–Crippen MR) is 72.8 cm³/mol. The van der Waals surface area contributed by atoms with Gasteiger partial charge in [-0.2, -0.15) is 5.26 Å².